The molecule has 2 aliphatic heterocycles. The zero-order valence-corrected chi connectivity index (χ0v) is 20.2. The molecule has 0 aromatic heterocycles. The first-order chi connectivity index (χ1) is 16.9. The summed E-state index contributed by atoms with van der Waals surface area (Å²) in [5, 5.41) is 0. The van der Waals surface area contributed by atoms with Crippen molar-refractivity contribution >= 4 is 33.3 Å². The summed E-state index contributed by atoms with van der Waals surface area (Å²) < 4.78 is 33.6. The van der Waals surface area contributed by atoms with E-state index in [-0.39, 0.29) is 22.4 Å². The number of ether oxygens (including phenoxy) is 1. The van der Waals surface area contributed by atoms with E-state index in [2.05, 4.69) is 0 Å². The molecule has 2 aliphatic rings. The molecule has 5 rings (SSSR count). The van der Waals surface area contributed by atoms with E-state index in [0.717, 1.165) is 36.1 Å². The summed E-state index contributed by atoms with van der Waals surface area (Å²) in [5.74, 6) is -1.06. The third-order valence-electron chi connectivity index (χ3n) is 6.53. The van der Waals surface area contributed by atoms with Crippen LogP contribution >= 0.6 is 0 Å². The van der Waals surface area contributed by atoms with E-state index >= 15 is 0 Å². The van der Waals surface area contributed by atoms with Gasteiger partial charge in [0.15, 0.2) is 6.61 Å². The first kappa shape index (κ1) is 23.1. The van der Waals surface area contributed by atoms with E-state index in [1.165, 1.54) is 28.6 Å². The van der Waals surface area contributed by atoms with Crippen LogP contribution in [0.15, 0.2) is 77.7 Å². The van der Waals surface area contributed by atoms with Crippen LogP contribution in [0.5, 0.6) is 0 Å². The van der Waals surface area contributed by atoms with Crippen LogP contribution in [0, 0.1) is 0 Å². The van der Waals surface area contributed by atoms with Crippen molar-refractivity contribution in [3.05, 3.63) is 89.5 Å². The second-order valence-electron chi connectivity index (χ2n) is 8.86. The maximum atomic E-state index is 13.4. The van der Waals surface area contributed by atoms with Crippen molar-refractivity contribution in [3.8, 4) is 0 Å². The van der Waals surface area contributed by atoms with Gasteiger partial charge in [-0.1, -0.05) is 42.5 Å². The monoisotopic (exact) mass is 490 g/mol. The summed E-state index contributed by atoms with van der Waals surface area (Å²) >= 11 is 0. The van der Waals surface area contributed by atoms with Crippen molar-refractivity contribution in [2.45, 2.75) is 37.1 Å². The molecule has 0 N–H and O–H groups in total. The standard InChI is InChI=1S/C27H26N2O5S/c1-19-16-21-9-3-5-14-25(21)29(19)26(30)18-34-27(31)22-10-6-12-23(17-22)35(32,33)28-15-7-11-20-8-2-4-13-24(20)28/h2-6,8-10,12-14,17,19H,7,11,15-16,18H2,1H3. The molecule has 3 aromatic carbocycles. The van der Waals surface area contributed by atoms with Crippen molar-refractivity contribution in [2.75, 3.05) is 22.4 Å². The highest BCUT2D eigenvalue weighted by Crippen LogP contribution is 2.33. The molecule has 7 nitrogen and oxygen atoms in total. The number of sulfonamides is 1. The second kappa shape index (κ2) is 9.19. The van der Waals surface area contributed by atoms with Crippen LogP contribution in [0.4, 0.5) is 11.4 Å². The van der Waals surface area contributed by atoms with Gasteiger partial charge in [0, 0.05) is 18.3 Å². The number of benzene rings is 3. The van der Waals surface area contributed by atoms with Crippen LogP contribution in [-0.4, -0.2) is 39.5 Å². The number of hydrogen-bond acceptors (Lipinski definition) is 5. The van der Waals surface area contributed by atoms with Crippen LogP contribution in [0.1, 0.15) is 34.8 Å². The number of aryl methyl sites for hydroxylation is 1. The zero-order chi connectivity index (χ0) is 24.6. The number of rotatable bonds is 5. The maximum absolute atomic E-state index is 13.4. The fraction of sp³-hybridized carbons (Fsp3) is 0.259. The van der Waals surface area contributed by atoms with Gasteiger partial charge in [-0.3, -0.25) is 9.10 Å². The molecule has 35 heavy (non-hydrogen) atoms. The predicted molar refractivity (Wildman–Crippen MR) is 133 cm³/mol. The van der Waals surface area contributed by atoms with Gasteiger partial charge >= 0.3 is 5.97 Å². The van der Waals surface area contributed by atoms with E-state index in [1.54, 1.807) is 11.0 Å². The summed E-state index contributed by atoms with van der Waals surface area (Å²) in [6, 6.07) is 20.9. The Morgan fingerprint density at radius 2 is 1.66 bits per heavy atom. The lowest BCUT2D eigenvalue weighted by molar-refractivity contribution is -0.122. The Balaban J connectivity index is 1.31. The Morgan fingerprint density at radius 3 is 2.46 bits per heavy atom. The molecule has 2 heterocycles. The quantitative estimate of drug-likeness (QED) is 0.506. The van der Waals surface area contributed by atoms with Gasteiger partial charge in [0.1, 0.15) is 0 Å². The number of nitrogens with zero attached hydrogens (tertiary/aromatic N) is 2. The molecule has 8 heteroatoms. The average molecular weight is 491 g/mol. The topological polar surface area (TPSA) is 84.0 Å². The molecule has 180 valence electrons. The lowest BCUT2D eigenvalue weighted by Gasteiger charge is -2.30. The fourth-order valence-corrected chi connectivity index (χ4v) is 6.47. The van der Waals surface area contributed by atoms with Gasteiger partial charge in [-0.15, -0.1) is 0 Å². The average Bonchev–Trinajstić information content (AvgIpc) is 3.22. The van der Waals surface area contributed by atoms with Crippen LogP contribution in [0.2, 0.25) is 0 Å². The van der Waals surface area contributed by atoms with Crippen molar-refractivity contribution in [3.63, 3.8) is 0 Å². The Kier molecular flexibility index (Phi) is 6.06. The minimum absolute atomic E-state index is 0.0112. The number of amides is 1. The molecule has 0 radical (unpaired) electrons. The van der Waals surface area contributed by atoms with Gasteiger partial charge in [-0.2, -0.15) is 0 Å². The fourth-order valence-electron chi connectivity index (χ4n) is 4.89. The number of carbonyl (C=O) groups excluding carboxylic acids is 2. The van der Waals surface area contributed by atoms with Crippen molar-refractivity contribution < 1.29 is 22.7 Å². The summed E-state index contributed by atoms with van der Waals surface area (Å²) in [6.45, 7) is 1.90. The van der Waals surface area contributed by atoms with Gasteiger partial charge in [0.05, 0.1) is 16.1 Å². The lowest BCUT2D eigenvalue weighted by Crippen LogP contribution is -2.38. The normalized spacial score (nSPS) is 17.0. The molecule has 0 bridgehead atoms. The lowest BCUT2D eigenvalue weighted by atomic mass is 10.0. The van der Waals surface area contributed by atoms with Gasteiger partial charge in [-0.25, -0.2) is 13.2 Å². The molecule has 0 saturated heterocycles. The summed E-state index contributed by atoms with van der Waals surface area (Å²) in [7, 11) is -3.87. The number of anilines is 2. The summed E-state index contributed by atoms with van der Waals surface area (Å²) in [5.41, 5.74) is 3.64. The maximum Gasteiger partial charge on any atom is 0.338 e. The van der Waals surface area contributed by atoms with E-state index < -0.39 is 22.6 Å². The Bertz CT molecular complexity index is 1400. The molecular weight excluding hydrogens is 464 g/mol. The molecular formula is C27H26N2O5S. The highest BCUT2D eigenvalue weighted by Gasteiger charge is 2.32. The third kappa shape index (κ3) is 4.30. The Hall–Kier alpha value is -3.65. The van der Waals surface area contributed by atoms with Gasteiger partial charge in [0.2, 0.25) is 0 Å². The minimum Gasteiger partial charge on any atom is -0.452 e. The van der Waals surface area contributed by atoms with E-state index in [9.17, 15) is 18.0 Å². The van der Waals surface area contributed by atoms with Crippen LogP contribution in [0.25, 0.3) is 0 Å². The minimum atomic E-state index is -3.87. The van der Waals surface area contributed by atoms with Gasteiger partial charge in [-0.05, 0) is 67.6 Å². The molecule has 0 fully saturated rings. The Morgan fingerprint density at radius 1 is 0.943 bits per heavy atom. The molecule has 1 atom stereocenters. The van der Waals surface area contributed by atoms with Crippen molar-refractivity contribution in [1.29, 1.82) is 0 Å². The second-order valence-corrected chi connectivity index (χ2v) is 10.7. The van der Waals surface area contributed by atoms with Gasteiger partial charge < -0.3 is 9.64 Å². The highest BCUT2D eigenvalue weighted by atomic mass is 32.2. The number of esters is 1. The molecule has 3 aromatic rings. The molecule has 1 amide bonds. The van der Waals surface area contributed by atoms with Crippen molar-refractivity contribution in [2.24, 2.45) is 0 Å². The Labute approximate surface area is 205 Å². The van der Waals surface area contributed by atoms with Gasteiger partial charge in [0.25, 0.3) is 15.9 Å². The number of para-hydroxylation sites is 2. The molecule has 0 spiro atoms. The molecule has 0 aliphatic carbocycles. The summed E-state index contributed by atoms with van der Waals surface area (Å²) in [4.78, 5) is 27.3. The number of carbonyl (C=O) groups is 2. The van der Waals surface area contributed by atoms with E-state index in [1.807, 2.05) is 49.4 Å². The smallest absolute Gasteiger partial charge is 0.338 e. The predicted octanol–water partition coefficient (Wildman–Crippen LogP) is 3.96. The van der Waals surface area contributed by atoms with E-state index in [0.29, 0.717) is 12.2 Å². The van der Waals surface area contributed by atoms with Crippen molar-refractivity contribution in [1.82, 2.24) is 0 Å². The van der Waals surface area contributed by atoms with E-state index in [4.69, 9.17) is 4.74 Å². The highest BCUT2D eigenvalue weighted by molar-refractivity contribution is 7.92. The SMILES string of the molecule is CC1Cc2ccccc2N1C(=O)COC(=O)c1cccc(S(=O)(=O)N2CCCc3ccccc32)c1. The molecule has 0 saturated carbocycles. The number of fused-ring (bicyclic) bond motifs is 2. The van der Waals surface area contributed by atoms with Crippen LogP contribution < -0.4 is 9.21 Å². The summed E-state index contributed by atoms with van der Waals surface area (Å²) in [6.07, 6.45) is 2.29. The largest absolute Gasteiger partial charge is 0.452 e. The van der Waals surface area contributed by atoms with Crippen LogP contribution in [0.3, 0.4) is 0 Å². The first-order valence-electron chi connectivity index (χ1n) is 11.6. The zero-order valence-electron chi connectivity index (χ0n) is 19.4. The first-order valence-corrected chi connectivity index (χ1v) is 13.1. The number of hydrogen-bond donors (Lipinski definition) is 0. The third-order valence-corrected chi connectivity index (χ3v) is 8.34. The van der Waals surface area contributed by atoms with Crippen LogP contribution in [-0.2, 0) is 32.4 Å². The molecule has 1 unspecified atom stereocenters.